The van der Waals surface area contributed by atoms with Crippen molar-refractivity contribution in [2.45, 2.75) is 39.3 Å². The molecule has 1 aromatic heterocycles. The number of nitrogens with zero attached hydrogens (tertiary/aromatic N) is 2. The predicted octanol–water partition coefficient (Wildman–Crippen LogP) is 2.43. The molecule has 4 heteroatoms. The topological polar surface area (TPSA) is 18.5 Å². The highest BCUT2D eigenvalue weighted by Crippen LogP contribution is 2.22. The summed E-state index contributed by atoms with van der Waals surface area (Å²) in [7, 11) is 0. The fraction of sp³-hybridized carbons (Fsp3) is 0.765. The van der Waals surface area contributed by atoms with Crippen molar-refractivity contribution in [2.24, 2.45) is 5.92 Å². The van der Waals surface area contributed by atoms with E-state index in [0.29, 0.717) is 0 Å². The maximum atomic E-state index is 3.49. The first-order valence-electron chi connectivity index (χ1n) is 8.45. The Balaban J connectivity index is 1.45. The third-order valence-electron chi connectivity index (χ3n) is 4.66. The van der Waals surface area contributed by atoms with E-state index in [1.807, 2.05) is 11.3 Å². The summed E-state index contributed by atoms with van der Waals surface area (Å²) in [6.07, 6.45) is 2.57. The van der Waals surface area contributed by atoms with Gasteiger partial charge in [-0.2, -0.15) is 0 Å². The van der Waals surface area contributed by atoms with Gasteiger partial charge in [-0.25, -0.2) is 0 Å². The predicted molar refractivity (Wildman–Crippen MR) is 91.0 cm³/mol. The number of hydrogen-bond acceptors (Lipinski definition) is 4. The number of thiophene rings is 1. The van der Waals surface area contributed by atoms with Crippen molar-refractivity contribution in [3.8, 4) is 0 Å². The molecule has 2 saturated heterocycles. The minimum absolute atomic E-state index is 0.764. The Bertz CT molecular complexity index is 429. The minimum atomic E-state index is 0.764. The SMILES string of the molecule is CC(C)Cc1ccc(CN2CCN(C3CCNC3)CC2)s1. The zero-order chi connectivity index (χ0) is 14.7. The molecule has 3 heterocycles. The second-order valence-corrected chi connectivity index (χ2v) is 8.18. The van der Waals surface area contributed by atoms with E-state index in [1.165, 1.54) is 52.1 Å². The standard InChI is InChI=1S/C17H29N3S/c1-14(2)11-16-3-4-17(21-16)13-19-7-9-20(10-8-19)15-5-6-18-12-15/h3-4,14-15,18H,5-13H2,1-2H3. The van der Waals surface area contributed by atoms with E-state index in [1.54, 1.807) is 9.75 Å². The molecule has 0 aromatic carbocycles. The third kappa shape index (κ3) is 4.28. The first-order chi connectivity index (χ1) is 10.2. The zero-order valence-corrected chi connectivity index (χ0v) is 14.3. The molecule has 2 aliphatic heterocycles. The molecule has 0 radical (unpaired) electrons. The highest BCUT2D eigenvalue weighted by Gasteiger charge is 2.25. The lowest BCUT2D eigenvalue weighted by molar-refractivity contribution is 0.0988. The first kappa shape index (κ1) is 15.5. The fourth-order valence-electron chi connectivity index (χ4n) is 3.48. The van der Waals surface area contributed by atoms with Gasteiger partial charge in [0, 0.05) is 55.1 Å². The molecule has 118 valence electrons. The maximum Gasteiger partial charge on any atom is 0.0329 e. The lowest BCUT2D eigenvalue weighted by Gasteiger charge is -2.37. The van der Waals surface area contributed by atoms with Crippen LogP contribution in [0.1, 0.15) is 30.0 Å². The highest BCUT2D eigenvalue weighted by molar-refractivity contribution is 7.11. The molecule has 2 fully saturated rings. The van der Waals surface area contributed by atoms with Crippen LogP contribution in [0.2, 0.25) is 0 Å². The zero-order valence-electron chi connectivity index (χ0n) is 13.5. The van der Waals surface area contributed by atoms with Crippen LogP contribution in [0.15, 0.2) is 12.1 Å². The quantitative estimate of drug-likeness (QED) is 0.901. The molecule has 3 rings (SSSR count). The van der Waals surface area contributed by atoms with Gasteiger partial charge in [0.1, 0.15) is 0 Å². The molecule has 1 atom stereocenters. The van der Waals surface area contributed by atoms with Gasteiger partial charge in [-0.1, -0.05) is 13.8 Å². The summed E-state index contributed by atoms with van der Waals surface area (Å²) in [6.45, 7) is 13.1. The minimum Gasteiger partial charge on any atom is -0.315 e. The van der Waals surface area contributed by atoms with E-state index in [9.17, 15) is 0 Å². The van der Waals surface area contributed by atoms with Crippen molar-refractivity contribution in [1.29, 1.82) is 0 Å². The number of hydrogen-bond donors (Lipinski definition) is 1. The summed E-state index contributed by atoms with van der Waals surface area (Å²) in [4.78, 5) is 8.41. The molecule has 1 unspecified atom stereocenters. The van der Waals surface area contributed by atoms with Crippen molar-refractivity contribution in [3.63, 3.8) is 0 Å². The molecule has 3 nitrogen and oxygen atoms in total. The van der Waals surface area contributed by atoms with Crippen LogP contribution in [0.5, 0.6) is 0 Å². The summed E-state index contributed by atoms with van der Waals surface area (Å²) in [5.74, 6) is 0.764. The average molecular weight is 308 g/mol. The lowest BCUT2D eigenvalue weighted by Crippen LogP contribution is -2.50. The van der Waals surface area contributed by atoms with Gasteiger partial charge < -0.3 is 5.32 Å². The Hall–Kier alpha value is -0.420. The van der Waals surface area contributed by atoms with E-state index in [-0.39, 0.29) is 0 Å². The van der Waals surface area contributed by atoms with Gasteiger partial charge in [-0.05, 0) is 37.4 Å². The molecule has 0 aliphatic carbocycles. The van der Waals surface area contributed by atoms with Crippen molar-refractivity contribution < 1.29 is 0 Å². The van der Waals surface area contributed by atoms with Crippen molar-refractivity contribution >= 4 is 11.3 Å². The highest BCUT2D eigenvalue weighted by atomic mass is 32.1. The van der Waals surface area contributed by atoms with Crippen LogP contribution in [0, 0.1) is 5.92 Å². The molecule has 1 N–H and O–H groups in total. The smallest absolute Gasteiger partial charge is 0.0329 e. The Morgan fingerprint density at radius 3 is 2.62 bits per heavy atom. The van der Waals surface area contributed by atoms with Crippen molar-refractivity contribution in [1.82, 2.24) is 15.1 Å². The van der Waals surface area contributed by atoms with Crippen LogP contribution in [0.3, 0.4) is 0 Å². The van der Waals surface area contributed by atoms with Gasteiger partial charge in [0.15, 0.2) is 0 Å². The molecule has 0 bridgehead atoms. The molecule has 0 saturated carbocycles. The Morgan fingerprint density at radius 2 is 1.95 bits per heavy atom. The van der Waals surface area contributed by atoms with Crippen LogP contribution in [-0.4, -0.2) is 55.1 Å². The van der Waals surface area contributed by atoms with Gasteiger partial charge in [-0.3, -0.25) is 9.80 Å². The normalized spacial score (nSPS) is 25.0. The molecule has 0 amide bonds. The summed E-state index contributed by atoms with van der Waals surface area (Å²) in [5, 5.41) is 3.49. The average Bonchev–Trinajstić information content (AvgIpc) is 3.11. The van der Waals surface area contributed by atoms with E-state index in [0.717, 1.165) is 18.5 Å². The monoisotopic (exact) mass is 307 g/mol. The Labute approximate surface area is 133 Å². The summed E-state index contributed by atoms with van der Waals surface area (Å²) in [6, 6.07) is 5.47. The van der Waals surface area contributed by atoms with Crippen LogP contribution < -0.4 is 5.32 Å². The number of piperazine rings is 1. The van der Waals surface area contributed by atoms with E-state index < -0.39 is 0 Å². The fourth-order valence-corrected chi connectivity index (χ4v) is 4.75. The Morgan fingerprint density at radius 1 is 1.19 bits per heavy atom. The van der Waals surface area contributed by atoms with Gasteiger partial charge >= 0.3 is 0 Å². The summed E-state index contributed by atoms with van der Waals surface area (Å²) < 4.78 is 0. The first-order valence-corrected chi connectivity index (χ1v) is 9.27. The van der Waals surface area contributed by atoms with Gasteiger partial charge in [0.05, 0.1) is 0 Å². The van der Waals surface area contributed by atoms with Crippen molar-refractivity contribution in [3.05, 3.63) is 21.9 Å². The van der Waals surface area contributed by atoms with Crippen LogP contribution in [0.4, 0.5) is 0 Å². The molecular weight excluding hydrogens is 278 g/mol. The molecule has 1 aromatic rings. The van der Waals surface area contributed by atoms with E-state index in [4.69, 9.17) is 0 Å². The maximum absolute atomic E-state index is 3.49. The molecule has 2 aliphatic rings. The van der Waals surface area contributed by atoms with Gasteiger partial charge in [0.2, 0.25) is 0 Å². The van der Waals surface area contributed by atoms with Crippen LogP contribution in [0.25, 0.3) is 0 Å². The molecule has 0 spiro atoms. The molecule has 21 heavy (non-hydrogen) atoms. The Kier molecular flexibility index (Phi) is 5.33. The lowest BCUT2D eigenvalue weighted by atomic mass is 10.1. The van der Waals surface area contributed by atoms with Crippen molar-refractivity contribution in [2.75, 3.05) is 39.3 Å². The third-order valence-corrected chi connectivity index (χ3v) is 5.76. The second-order valence-electron chi connectivity index (χ2n) is 6.92. The van der Waals surface area contributed by atoms with E-state index >= 15 is 0 Å². The summed E-state index contributed by atoms with van der Waals surface area (Å²) >= 11 is 2.02. The van der Waals surface area contributed by atoms with Crippen LogP contribution >= 0.6 is 11.3 Å². The van der Waals surface area contributed by atoms with Gasteiger partial charge in [0.25, 0.3) is 0 Å². The molecular formula is C17H29N3S. The number of rotatable bonds is 5. The van der Waals surface area contributed by atoms with Crippen LogP contribution in [-0.2, 0) is 13.0 Å². The number of nitrogens with one attached hydrogen (secondary N) is 1. The largest absolute Gasteiger partial charge is 0.315 e. The summed E-state index contributed by atoms with van der Waals surface area (Å²) in [5.41, 5.74) is 0. The van der Waals surface area contributed by atoms with E-state index in [2.05, 4.69) is 41.1 Å². The van der Waals surface area contributed by atoms with Gasteiger partial charge in [-0.15, -0.1) is 11.3 Å². The second kappa shape index (κ2) is 7.23.